The second kappa shape index (κ2) is 9.60. The van der Waals surface area contributed by atoms with E-state index in [0.717, 1.165) is 34.2 Å². The molecule has 0 saturated carbocycles. The fourth-order valence-electron chi connectivity index (χ4n) is 2.83. The zero-order chi connectivity index (χ0) is 20.9. The summed E-state index contributed by atoms with van der Waals surface area (Å²) in [4.78, 5) is 13.1. The minimum absolute atomic E-state index is 0.352. The minimum Gasteiger partial charge on any atom is -0.465 e. The molecule has 0 aliphatic rings. The normalized spacial score (nSPS) is 11.7. The highest BCUT2D eigenvalue weighted by molar-refractivity contribution is 7.98. The van der Waals surface area contributed by atoms with Gasteiger partial charge < -0.3 is 9.47 Å². The van der Waals surface area contributed by atoms with Crippen molar-refractivity contribution in [2.24, 2.45) is 0 Å². The molecular weight excluding hydrogens is 400 g/mol. The maximum absolute atomic E-state index is 12.1. The van der Waals surface area contributed by atoms with E-state index in [1.54, 1.807) is 17.8 Å². The van der Waals surface area contributed by atoms with E-state index in [-0.39, 0.29) is 5.97 Å². The fraction of sp³-hybridized carbons (Fsp3) is 0.364. The van der Waals surface area contributed by atoms with E-state index in [9.17, 15) is 4.79 Å². The summed E-state index contributed by atoms with van der Waals surface area (Å²) in [7, 11) is 0.284. The van der Waals surface area contributed by atoms with Crippen LogP contribution in [-0.4, -0.2) is 37.5 Å². The highest BCUT2D eigenvalue weighted by Crippen LogP contribution is 2.31. The molecule has 0 saturated heterocycles. The number of esters is 1. The molecule has 0 bridgehead atoms. The number of fused-ring (bicyclic) bond motifs is 1. The maximum Gasteiger partial charge on any atom is 0.337 e. The summed E-state index contributed by atoms with van der Waals surface area (Å²) in [6.45, 7) is 8.17. The number of carbonyl (C=O) groups is 1. The molecule has 7 heteroatoms. The third-order valence-corrected chi connectivity index (χ3v) is 7.34. The third kappa shape index (κ3) is 6.19. The third-order valence-electron chi connectivity index (χ3n) is 4.51. The average Bonchev–Trinajstić information content (AvgIpc) is 3.12. The van der Waals surface area contributed by atoms with Crippen molar-refractivity contribution in [3.63, 3.8) is 0 Å². The van der Waals surface area contributed by atoms with Gasteiger partial charge in [-0.15, -0.1) is 11.8 Å². The summed E-state index contributed by atoms with van der Waals surface area (Å²) in [5, 5.41) is 5.64. The second-order valence-corrected chi connectivity index (χ2v) is 14.8. The Bertz CT molecular complexity index is 967. The Balaban J connectivity index is 1.80. The van der Waals surface area contributed by atoms with E-state index in [1.165, 1.54) is 12.7 Å². The van der Waals surface area contributed by atoms with Crippen LogP contribution < -0.4 is 0 Å². The predicted octanol–water partition coefficient (Wildman–Crippen LogP) is 5.43. The molecule has 154 valence electrons. The Morgan fingerprint density at radius 2 is 1.93 bits per heavy atom. The van der Waals surface area contributed by atoms with E-state index < -0.39 is 8.07 Å². The zero-order valence-corrected chi connectivity index (χ0v) is 19.3. The van der Waals surface area contributed by atoms with Crippen LogP contribution in [0.1, 0.15) is 15.9 Å². The lowest BCUT2D eigenvalue weighted by molar-refractivity contribution is 0.0600. The number of ether oxygens (including phenoxy) is 2. The fourth-order valence-corrected chi connectivity index (χ4v) is 4.63. The van der Waals surface area contributed by atoms with Gasteiger partial charge in [-0.25, -0.2) is 9.48 Å². The first-order valence-corrected chi connectivity index (χ1v) is 14.4. The first-order valence-electron chi connectivity index (χ1n) is 9.70. The van der Waals surface area contributed by atoms with Crippen LogP contribution in [0.4, 0.5) is 0 Å². The summed E-state index contributed by atoms with van der Waals surface area (Å²) in [6.07, 6.45) is 2.00. The Morgan fingerprint density at radius 3 is 2.62 bits per heavy atom. The molecule has 0 unspecified atom stereocenters. The maximum atomic E-state index is 12.1. The van der Waals surface area contributed by atoms with Crippen molar-refractivity contribution in [1.82, 2.24) is 9.78 Å². The van der Waals surface area contributed by atoms with Crippen LogP contribution in [0.15, 0.2) is 53.6 Å². The van der Waals surface area contributed by atoms with Crippen LogP contribution in [0.2, 0.25) is 25.7 Å². The van der Waals surface area contributed by atoms with Crippen LogP contribution in [-0.2, 0) is 22.0 Å². The molecule has 0 atom stereocenters. The molecule has 1 heterocycles. The number of thioether (sulfide) groups is 1. The van der Waals surface area contributed by atoms with Crippen molar-refractivity contribution in [3.05, 3.63) is 59.8 Å². The molecule has 0 fully saturated rings. The minimum atomic E-state index is -1.11. The summed E-state index contributed by atoms with van der Waals surface area (Å²) in [6, 6.07) is 15.1. The number of nitrogens with zero attached hydrogens (tertiary/aromatic N) is 2. The van der Waals surface area contributed by atoms with Gasteiger partial charge in [0.2, 0.25) is 0 Å². The van der Waals surface area contributed by atoms with Gasteiger partial charge in [0.15, 0.2) is 0 Å². The smallest absolute Gasteiger partial charge is 0.337 e. The van der Waals surface area contributed by atoms with E-state index in [4.69, 9.17) is 9.47 Å². The molecule has 0 amide bonds. The molecule has 0 N–H and O–H groups in total. The van der Waals surface area contributed by atoms with Gasteiger partial charge in [-0.3, -0.25) is 0 Å². The lowest BCUT2D eigenvalue weighted by Crippen LogP contribution is -2.22. The standard InChI is InChI=1S/C22H28N2O3SSi/c1-26-22(25)18-12-20-19(14-24(23-20)16-27-10-11-29(2,3)4)21(13-18)28-15-17-8-6-5-7-9-17/h5-9,12-14H,10-11,15-16H2,1-4H3. The largest absolute Gasteiger partial charge is 0.465 e. The van der Waals surface area contributed by atoms with E-state index in [2.05, 4.69) is 36.9 Å². The summed E-state index contributed by atoms with van der Waals surface area (Å²) < 4.78 is 12.6. The van der Waals surface area contributed by atoms with Gasteiger partial charge in [-0.05, 0) is 23.7 Å². The average molecular weight is 429 g/mol. The van der Waals surface area contributed by atoms with Crippen LogP contribution in [0.25, 0.3) is 10.9 Å². The molecular formula is C22H28N2O3SSi. The van der Waals surface area contributed by atoms with Crippen LogP contribution in [0.5, 0.6) is 0 Å². The molecule has 2 aromatic carbocycles. The van der Waals surface area contributed by atoms with Crippen LogP contribution in [0.3, 0.4) is 0 Å². The molecule has 0 aliphatic carbocycles. The summed E-state index contributed by atoms with van der Waals surface area (Å²) in [5.74, 6) is 0.466. The number of carbonyl (C=O) groups excluding carboxylic acids is 1. The van der Waals surface area contributed by atoms with Crippen LogP contribution in [0, 0.1) is 0 Å². The van der Waals surface area contributed by atoms with E-state index in [1.807, 2.05) is 35.1 Å². The highest BCUT2D eigenvalue weighted by Gasteiger charge is 2.15. The van der Waals surface area contributed by atoms with Crippen molar-refractivity contribution >= 4 is 36.7 Å². The number of hydrogen-bond acceptors (Lipinski definition) is 5. The van der Waals surface area contributed by atoms with Gasteiger partial charge in [-0.2, -0.15) is 5.10 Å². The highest BCUT2D eigenvalue weighted by atomic mass is 32.2. The Hall–Kier alpha value is -2.09. The van der Waals surface area contributed by atoms with Crippen molar-refractivity contribution in [2.75, 3.05) is 13.7 Å². The first-order chi connectivity index (χ1) is 13.9. The molecule has 0 radical (unpaired) electrons. The molecule has 3 rings (SSSR count). The van der Waals surface area contributed by atoms with Gasteiger partial charge in [0.1, 0.15) is 6.73 Å². The van der Waals surface area contributed by atoms with E-state index in [0.29, 0.717) is 12.3 Å². The summed E-state index contributed by atoms with van der Waals surface area (Å²) in [5.41, 5.74) is 2.52. The SMILES string of the molecule is COC(=O)c1cc(SCc2ccccc2)c2cn(COCC[Si](C)(C)C)nc2c1. The van der Waals surface area contributed by atoms with Gasteiger partial charge in [0.25, 0.3) is 0 Å². The predicted molar refractivity (Wildman–Crippen MR) is 121 cm³/mol. The lowest BCUT2D eigenvalue weighted by Gasteiger charge is -2.15. The van der Waals surface area contributed by atoms with Crippen molar-refractivity contribution in [3.8, 4) is 0 Å². The molecule has 0 aliphatic heterocycles. The zero-order valence-electron chi connectivity index (χ0n) is 17.5. The lowest BCUT2D eigenvalue weighted by atomic mass is 10.2. The number of hydrogen-bond donors (Lipinski definition) is 0. The van der Waals surface area contributed by atoms with Crippen molar-refractivity contribution in [1.29, 1.82) is 0 Å². The first kappa shape index (κ1) is 21.6. The molecule has 1 aromatic heterocycles. The van der Waals surface area contributed by atoms with Crippen molar-refractivity contribution in [2.45, 2.75) is 43.1 Å². The number of benzene rings is 2. The van der Waals surface area contributed by atoms with Gasteiger partial charge in [0, 0.05) is 36.9 Å². The quantitative estimate of drug-likeness (QED) is 0.197. The number of methoxy groups -OCH3 is 1. The topological polar surface area (TPSA) is 53.4 Å². The van der Waals surface area contributed by atoms with Gasteiger partial charge in [-0.1, -0.05) is 50.0 Å². The monoisotopic (exact) mass is 428 g/mol. The second-order valence-electron chi connectivity index (χ2n) is 8.19. The van der Waals surface area contributed by atoms with Gasteiger partial charge >= 0.3 is 5.97 Å². The summed E-state index contributed by atoms with van der Waals surface area (Å²) >= 11 is 1.69. The molecule has 5 nitrogen and oxygen atoms in total. The molecule has 3 aromatic rings. The van der Waals surface area contributed by atoms with Crippen molar-refractivity contribution < 1.29 is 14.3 Å². The molecule has 0 spiro atoms. The molecule has 29 heavy (non-hydrogen) atoms. The Kier molecular flexibility index (Phi) is 7.16. The number of aromatic nitrogens is 2. The van der Waals surface area contributed by atoms with E-state index >= 15 is 0 Å². The Morgan fingerprint density at radius 1 is 1.17 bits per heavy atom. The van der Waals surface area contributed by atoms with Gasteiger partial charge in [0.05, 0.1) is 18.2 Å². The van der Waals surface area contributed by atoms with Crippen LogP contribution >= 0.6 is 11.8 Å². The number of rotatable bonds is 9. The Labute approximate surface area is 177 Å².